The third kappa shape index (κ3) is 3.74. The number of nitrogens with zero attached hydrogens (tertiary/aromatic N) is 2. The number of carbonyl (C=O) groups is 1. The molecule has 0 fully saturated rings. The molecule has 2 heterocycles. The van der Waals surface area contributed by atoms with Crippen molar-refractivity contribution in [2.45, 2.75) is 25.7 Å². The van der Waals surface area contributed by atoms with Gasteiger partial charge in [0.05, 0.1) is 12.1 Å². The molecular weight excluding hydrogens is 330 g/mol. The zero-order valence-electron chi connectivity index (χ0n) is 13.0. The summed E-state index contributed by atoms with van der Waals surface area (Å²) in [5.41, 5.74) is 1.78. The minimum Gasteiger partial charge on any atom is -0.355 e. The molecule has 0 saturated heterocycles. The first-order valence-electron chi connectivity index (χ1n) is 7.38. The van der Waals surface area contributed by atoms with Crippen LogP contribution in [-0.2, 0) is 16.6 Å². The molecule has 1 amide bonds. The molecule has 2 aromatic heterocycles. The molecule has 120 valence electrons. The standard InChI is InChI=1S/C17H18ClN3OS/c1-17(2,12-3-5-13(18)6-4-12)11-19-15(22)9-14-10-21-7-8-23-16(21)20-14/h3-8,10H,9,11H2,1-2H3,(H,19,22). The lowest BCUT2D eigenvalue weighted by Gasteiger charge is -2.25. The van der Waals surface area contributed by atoms with Gasteiger partial charge in [-0.2, -0.15) is 0 Å². The molecule has 3 aromatic rings. The molecule has 1 N–H and O–H groups in total. The Labute approximate surface area is 144 Å². The van der Waals surface area contributed by atoms with E-state index in [0.717, 1.165) is 16.2 Å². The number of hydrogen-bond donors (Lipinski definition) is 1. The smallest absolute Gasteiger partial charge is 0.226 e. The molecule has 0 atom stereocenters. The van der Waals surface area contributed by atoms with Crippen LogP contribution >= 0.6 is 22.9 Å². The van der Waals surface area contributed by atoms with Crippen molar-refractivity contribution in [1.82, 2.24) is 14.7 Å². The van der Waals surface area contributed by atoms with E-state index in [9.17, 15) is 4.79 Å². The second-order valence-corrected chi connectivity index (χ2v) is 7.48. The van der Waals surface area contributed by atoms with Crippen LogP contribution in [0.3, 0.4) is 0 Å². The largest absolute Gasteiger partial charge is 0.355 e. The highest BCUT2D eigenvalue weighted by Gasteiger charge is 2.21. The molecule has 3 rings (SSSR count). The molecule has 0 bridgehead atoms. The summed E-state index contributed by atoms with van der Waals surface area (Å²) >= 11 is 7.49. The van der Waals surface area contributed by atoms with Gasteiger partial charge in [-0.3, -0.25) is 9.20 Å². The van der Waals surface area contributed by atoms with Crippen molar-refractivity contribution in [1.29, 1.82) is 0 Å². The van der Waals surface area contributed by atoms with E-state index in [1.807, 2.05) is 46.4 Å². The van der Waals surface area contributed by atoms with Gasteiger partial charge < -0.3 is 5.32 Å². The van der Waals surface area contributed by atoms with Crippen LogP contribution in [0, 0.1) is 0 Å². The maximum Gasteiger partial charge on any atom is 0.226 e. The molecule has 0 aliphatic heterocycles. The first-order valence-corrected chi connectivity index (χ1v) is 8.64. The lowest BCUT2D eigenvalue weighted by molar-refractivity contribution is -0.120. The SMILES string of the molecule is CC(C)(CNC(=O)Cc1cn2ccsc2n1)c1ccc(Cl)cc1. The number of thiazole rings is 1. The van der Waals surface area contributed by atoms with Crippen LogP contribution in [-0.4, -0.2) is 21.8 Å². The number of hydrogen-bond acceptors (Lipinski definition) is 3. The van der Waals surface area contributed by atoms with Crippen LogP contribution in [0.5, 0.6) is 0 Å². The van der Waals surface area contributed by atoms with Crippen LogP contribution < -0.4 is 5.32 Å². The van der Waals surface area contributed by atoms with Crippen LogP contribution in [0.1, 0.15) is 25.1 Å². The Morgan fingerprint density at radius 1 is 1.35 bits per heavy atom. The summed E-state index contributed by atoms with van der Waals surface area (Å²) in [6, 6.07) is 7.74. The van der Waals surface area contributed by atoms with E-state index in [2.05, 4.69) is 24.1 Å². The maximum absolute atomic E-state index is 12.2. The molecule has 0 aliphatic carbocycles. The van der Waals surface area contributed by atoms with Gasteiger partial charge in [0.15, 0.2) is 4.96 Å². The monoisotopic (exact) mass is 347 g/mol. The Morgan fingerprint density at radius 2 is 2.09 bits per heavy atom. The minimum absolute atomic E-state index is 0.0159. The van der Waals surface area contributed by atoms with Gasteiger partial charge >= 0.3 is 0 Å². The minimum atomic E-state index is -0.158. The number of imidazole rings is 1. The average Bonchev–Trinajstić information content (AvgIpc) is 3.07. The van der Waals surface area contributed by atoms with E-state index in [0.29, 0.717) is 18.0 Å². The summed E-state index contributed by atoms with van der Waals surface area (Å²) < 4.78 is 1.94. The number of fused-ring (bicyclic) bond motifs is 1. The van der Waals surface area contributed by atoms with Gasteiger partial charge in [-0.1, -0.05) is 37.6 Å². The van der Waals surface area contributed by atoms with E-state index in [-0.39, 0.29) is 11.3 Å². The van der Waals surface area contributed by atoms with Gasteiger partial charge in [0.2, 0.25) is 5.91 Å². The van der Waals surface area contributed by atoms with Gasteiger partial charge in [0.25, 0.3) is 0 Å². The number of nitrogens with one attached hydrogen (secondary N) is 1. The van der Waals surface area contributed by atoms with Gasteiger partial charge in [0.1, 0.15) is 0 Å². The normalized spacial score (nSPS) is 11.8. The summed E-state index contributed by atoms with van der Waals surface area (Å²) in [6.45, 7) is 4.77. The Morgan fingerprint density at radius 3 is 2.78 bits per heavy atom. The summed E-state index contributed by atoms with van der Waals surface area (Å²) in [7, 11) is 0. The Hall–Kier alpha value is -1.85. The Kier molecular flexibility index (Phi) is 4.41. The van der Waals surface area contributed by atoms with E-state index >= 15 is 0 Å². The second-order valence-electron chi connectivity index (χ2n) is 6.17. The molecule has 0 aliphatic rings. The van der Waals surface area contributed by atoms with Crippen LogP contribution in [0.4, 0.5) is 0 Å². The van der Waals surface area contributed by atoms with Crippen molar-refractivity contribution in [3.8, 4) is 0 Å². The quantitative estimate of drug-likeness (QED) is 0.765. The summed E-state index contributed by atoms with van der Waals surface area (Å²) in [6.07, 6.45) is 4.14. The molecule has 0 unspecified atom stereocenters. The van der Waals surface area contributed by atoms with Crippen LogP contribution in [0.25, 0.3) is 4.96 Å². The Bertz CT molecular complexity index is 791. The molecule has 0 spiro atoms. The van der Waals surface area contributed by atoms with Gasteiger partial charge in [-0.15, -0.1) is 11.3 Å². The number of aromatic nitrogens is 2. The summed E-state index contributed by atoms with van der Waals surface area (Å²) in [5, 5.41) is 5.69. The average molecular weight is 348 g/mol. The molecule has 0 saturated carbocycles. The highest BCUT2D eigenvalue weighted by molar-refractivity contribution is 7.15. The van der Waals surface area contributed by atoms with E-state index in [1.54, 1.807) is 11.3 Å². The van der Waals surface area contributed by atoms with E-state index in [1.165, 1.54) is 0 Å². The fourth-order valence-corrected chi connectivity index (χ4v) is 3.26. The van der Waals surface area contributed by atoms with Crippen molar-refractivity contribution < 1.29 is 4.79 Å². The number of benzene rings is 1. The number of amides is 1. The van der Waals surface area contributed by atoms with Crippen molar-refractivity contribution in [2.24, 2.45) is 0 Å². The zero-order chi connectivity index (χ0) is 16.4. The summed E-state index contributed by atoms with van der Waals surface area (Å²) in [4.78, 5) is 17.5. The molecule has 4 nitrogen and oxygen atoms in total. The zero-order valence-corrected chi connectivity index (χ0v) is 14.6. The topological polar surface area (TPSA) is 46.4 Å². The highest BCUT2D eigenvalue weighted by Crippen LogP contribution is 2.23. The fourth-order valence-electron chi connectivity index (χ4n) is 2.41. The van der Waals surface area contributed by atoms with Gasteiger partial charge in [0, 0.05) is 34.8 Å². The first-order chi connectivity index (χ1) is 10.9. The van der Waals surface area contributed by atoms with Crippen LogP contribution in [0.2, 0.25) is 5.02 Å². The number of halogens is 1. The lowest BCUT2D eigenvalue weighted by Crippen LogP contribution is -2.37. The van der Waals surface area contributed by atoms with E-state index in [4.69, 9.17) is 11.6 Å². The molecule has 0 radical (unpaired) electrons. The highest BCUT2D eigenvalue weighted by atomic mass is 35.5. The third-order valence-corrected chi connectivity index (χ3v) is 4.86. The molecular formula is C17H18ClN3OS. The van der Waals surface area contributed by atoms with Crippen molar-refractivity contribution in [3.05, 3.63) is 58.3 Å². The molecule has 23 heavy (non-hydrogen) atoms. The number of rotatable bonds is 5. The predicted octanol–water partition coefficient (Wildman–Crippen LogP) is 3.69. The first kappa shape index (κ1) is 16.0. The Balaban J connectivity index is 1.59. The van der Waals surface area contributed by atoms with E-state index < -0.39 is 0 Å². The molecule has 6 heteroatoms. The molecule has 1 aromatic carbocycles. The maximum atomic E-state index is 12.2. The van der Waals surface area contributed by atoms with Crippen molar-refractivity contribution in [3.63, 3.8) is 0 Å². The van der Waals surface area contributed by atoms with Crippen molar-refractivity contribution >= 4 is 33.8 Å². The third-order valence-electron chi connectivity index (χ3n) is 3.84. The van der Waals surface area contributed by atoms with Gasteiger partial charge in [-0.25, -0.2) is 4.98 Å². The predicted molar refractivity (Wildman–Crippen MR) is 94.3 cm³/mol. The second kappa shape index (κ2) is 6.34. The lowest BCUT2D eigenvalue weighted by atomic mass is 9.84. The van der Waals surface area contributed by atoms with Gasteiger partial charge in [-0.05, 0) is 17.7 Å². The fraction of sp³-hybridized carbons (Fsp3) is 0.294. The van der Waals surface area contributed by atoms with Crippen LogP contribution in [0.15, 0.2) is 42.0 Å². The summed E-state index contributed by atoms with van der Waals surface area (Å²) in [5.74, 6) is -0.0159. The number of carbonyl (C=O) groups excluding carboxylic acids is 1. The van der Waals surface area contributed by atoms with Crippen molar-refractivity contribution in [2.75, 3.05) is 6.54 Å².